The first-order chi connectivity index (χ1) is 19.7. The van der Waals surface area contributed by atoms with Crippen molar-refractivity contribution in [1.29, 1.82) is 0 Å². The second-order valence-electron chi connectivity index (χ2n) is 8.95. The normalized spacial score (nSPS) is 12.6. The van der Waals surface area contributed by atoms with E-state index in [1.165, 1.54) is 24.3 Å². The largest absolute Gasteiger partial charge is 0.454 e. The Morgan fingerprint density at radius 3 is 2.41 bits per heavy atom. The Balaban J connectivity index is 1.41. The van der Waals surface area contributed by atoms with Gasteiger partial charge in [-0.3, -0.25) is 18.7 Å². The lowest BCUT2D eigenvalue weighted by Gasteiger charge is -2.16. The Morgan fingerprint density at radius 1 is 0.951 bits per heavy atom. The number of nitrogens with one attached hydrogen (secondary N) is 1. The Bertz CT molecular complexity index is 1910. The second kappa shape index (κ2) is 9.97. The van der Waals surface area contributed by atoms with Crippen LogP contribution in [0.25, 0.3) is 22.3 Å². The number of rotatable bonds is 6. The molecule has 208 valence electrons. The summed E-state index contributed by atoms with van der Waals surface area (Å²) in [5.74, 6) is -0.273. The van der Waals surface area contributed by atoms with Gasteiger partial charge in [0.25, 0.3) is 5.56 Å². The van der Waals surface area contributed by atoms with E-state index >= 15 is 0 Å². The van der Waals surface area contributed by atoms with E-state index in [9.17, 15) is 27.6 Å². The van der Waals surface area contributed by atoms with Gasteiger partial charge < -0.3 is 19.3 Å². The first kappa shape index (κ1) is 25.9. The van der Waals surface area contributed by atoms with Gasteiger partial charge in [0, 0.05) is 11.6 Å². The molecule has 0 aliphatic carbocycles. The number of carbonyl (C=O) groups is 1. The maximum Gasteiger partial charge on any atom is 0.418 e. The molecular weight excluding hydrogens is 547 g/mol. The molecule has 1 aliphatic rings. The highest BCUT2D eigenvalue weighted by molar-refractivity contribution is 5.93. The van der Waals surface area contributed by atoms with E-state index in [0.29, 0.717) is 5.56 Å². The molecular formula is C27H18F3N5O6. The number of alkyl halides is 3. The van der Waals surface area contributed by atoms with Crippen molar-refractivity contribution in [3.63, 3.8) is 0 Å². The van der Waals surface area contributed by atoms with Crippen LogP contribution in [0.3, 0.4) is 0 Å². The summed E-state index contributed by atoms with van der Waals surface area (Å²) in [7, 11) is 0. The summed E-state index contributed by atoms with van der Waals surface area (Å²) >= 11 is 0. The number of amides is 1. The van der Waals surface area contributed by atoms with E-state index in [0.717, 1.165) is 21.3 Å². The fourth-order valence-electron chi connectivity index (χ4n) is 4.43. The number of halogens is 3. The standard InChI is InChI=1S/C27H18F3N5O6/c28-27(29,30)17-8-4-5-9-18(17)31-22(36)12-34-19-11-21-20(39-14-40-21)10-16(19)25(37)35(26(34)38)13-23-32-24(33-41-23)15-6-2-1-3-7-15/h1-11H,12-14H2,(H,31,36). The van der Waals surface area contributed by atoms with E-state index in [1.807, 2.05) is 6.07 Å². The SMILES string of the molecule is O=C(Cn1c(=O)n(Cc2nc(-c3ccccc3)no2)c(=O)c2cc3c(cc21)OCO3)Nc1ccccc1C(F)(F)F. The molecule has 1 amide bonds. The number of hydrogen-bond donors (Lipinski definition) is 1. The van der Waals surface area contributed by atoms with Gasteiger partial charge in [-0.25, -0.2) is 4.79 Å². The van der Waals surface area contributed by atoms with Gasteiger partial charge in [0.15, 0.2) is 11.5 Å². The first-order valence-electron chi connectivity index (χ1n) is 12.1. The molecule has 0 atom stereocenters. The van der Waals surface area contributed by atoms with Gasteiger partial charge in [0.2, 0.25) is 24.4 Å². The molecule has 3 aromatic carbocycles. The number of anilines is 1. The molecule has 11 nitrogen and oxygen atoms in total. The Labute approximate surface area is 227 Å². The maximum absolute atomic E-state index is 13.6. The number of hydrogen-bond acceptors (Lipinski definition) is 8. The summed E-state index contributed by atoms with van der Waals surface area (Å²) in [5, 5.41) is 6.11. The summed E-state index contributed by atoms with van der Waals surface area (Å²) in [6.45, 7) is -1.27. The number of benzene rings is 3. The van der Waals surface area contributed by atoms with Crippen molar-refractivity contribution in [1.82, 2.24) is 19.3 Å². The number of carbonyl (C=O) groups excluding carboxylic acids is 1. The lowest BCUT2D eigenvalue weighted by molar-refractivity contribution is -0.137. The van der Waals surface area contributed by atoms with Crippen molar-refractivity contribution >= 4 is 22.5 Å². The second-order valence-corrected chi connectivity index (χ2v) is 8.95. The predicted octanol–water partition coefficient (Wildman–Crippen LogP) is 3.65. The van der Waals surface area contributed by atoms with E-state index in [1.54, 1.807) is 24.3 Å². The first-order valence-corrected chi connectivity index (χ1v) is 12.1. The molecule has 1 N–H and O–H groups in total. The quantitative estimate of drug-likeness (QED) is 0.330. The fourth-order valence-corrected chi connectivity index (χ4v) is 4.43. The minimum Gasteiger partial charge on any atom is -0.454 e. The van der Waals surface area contributed by atoms with Crippen molar-refractivity contribution < 1.29 is 32.0 Å². The number of aromatic nitrogens is 4. The average molecular weight is 565 g/mol. The van der Waals surface area contributed by atoms with Crippen molar-refractivity contribution in [2.75, 3.05) is 12.1 Å². The Hall–Kier alpha value is -5.40. The summed E-state index contributed by atoms with van der Waals surface area (Å²) in [4.78, 5) is 44.3. The van der Waals surface area contributed by atoms with Crippen LogP contribution in [-0.4, -0.2) is 32.0 Å². The lowest BCUT2D eigenvalue weighted by atomic mass is 10.1. The van der Waals surface area contributed by atoms with E-state index < -0.39 is 47.7 Å². The third-order valence-electron chi connectivity index (χ3n) is 6.32. The summed E-state index contributed by atoms with van der Waals surface area (Å²) in [5.41, 5.74) is -2.52. The third-order valence-corrected chi connectivity index (χ3v) is 6.32. The number of fused-ring (bicyclic) bond motifs is 2. The van der Waals surface area contributed by atoms with E-state index in [4.69, 9.17) is 14.0 Å². The zero-order valence-corrected chi connectivity index (χ0v) is 20.8. The molecule has 41 heavy (non-hydrogen) atoms. The van der Waals surface area contributed by atoms with Gasteiger partial charge in [0.1, 0.15) is 13.1 Å². The zero-order valence-electron chi connectivity index (χ0n) is 20.8. The summed E-state index contributed by atoms with van der Waals surface area (Å²) < 4.78 is 58.1. The number of ether oxygens (including phenoxy) is 2. The molecule has 2 aromatic heterocycles. The highest BCUT2D eigenvalue weighted by Crippen LogP contribution is 2.36. The van der Waals surface area contributed by atoms with Crippen LogP contribution >= 0.6 is 0 Å². The third kappa shape index (κ3) is 4.90. The van der Waals surface area contributed by atoms with E-state index in [-0.39, 0.29) is 40.9 Å². The molecule has 0 radical (unpaired) electrons. The van der Waals surface area contributed by atoms with Crippen molar-refractivity contribution in [2.24, 2.45) is 0 Å². The summed E-state index contributed by atoms with van der Waals surface area (Å²) in [6.07, 6.45) is -4.72. The van der Waals surface area contributed by atoms with Gasteiger partial charge in [-0.15, -0.1) is 0 Å². The van der Waals surface area contributed by atoms with Gasteiger partial charge in [-0.2, -0.15) is 18.2 Å². The Kier molecular flexibility index (Phi) is 6.29. The van der Waals surface area contributed by atoms with Crippen LogP contribution in [-0.2, 0) is 24.1 Å². The molecule has 0 bridgehead atoms. The lowest BCUT2D eigenvalue weighted by Crippen LogP contribution is -2.42. The maximum atomic E-state index is 13.6. The number of para-hydroxylation sites is 1. The predicted molar refractivity (Wildman–Crippen MR) is 138 cm³/mol. The van der Waals surface area contributed by atoms with Gasteiger partial charge in [-0.1, -0.05) is 47.6 Å². The topological polar surface area (TPSA) is 130 Å². The van der Waals surface area contributed by atoms with Crippen molar-refractivity contribution in [3.8, 4) is 22.9 Å². The van der Waals surface area contributed by atoms with Crippen LogP contribution in [0.15, 0.2) is 80.8 Å². The Morgan fingerprint density at radius 2 is 1.66 bits per heavy atom. The molecule has 0 unspecified atom stereocenters. The minimum atomic E-state index is -4.72. The molecule has 5 aromatic rings. The van der Waals surface area contributed by atoms with Crippen LogP contribution in [0, 0.1) is 0 Å². The van der Waals surface area contributed by atoms with Crippen LogP contribution in [0.1, 0.15) is 11.5 Å². The fraction of sp³-hybridized carbons (Fsp3) is 0.148. The van der Waals surface area contributed by atoms with E-state index in [2.05, 4.69) is 15.5 Å². The monoisotopic (exact) mass is 565 g/mol. The molecule has 0 spiro atoms. The highest BCUT2D eigenvalue weighted by atomic mass is 19.4. The van der Waals surface area contributed by atoms with Crippen LogP contribution in [0.2, 0.25) is 0 Å². The average Bonchev–Trinajstić information content (AvgIpc) is 3.62. The molecule has 1 aliphatic heterocycles. The van der Waals surface area contributed by atoms with Gasteiger partial charge >= 0.3 is 11.9 Å². The van der Waals surface area contributed by atoms with Crippen LogP contribution in [0.4, 0.5) is 18.9 Å². The molecule has 3 heterocycles. The van der Waals surface area contributed by atoms with Gasteiger partial charge in [-0.05, 0) is 18.2 Å². The molecule has 14 heteroatoms. The smallest absolute Gasteiger partial charge is 0.418 e. The van der Waals surface area contributed by atoms with Crippen molar-refractivity contribution in [2.45, 2.75) is 19.3 Å². The van der Waals surface area contributed by atoms with Gasteiger partial charge in [0.05, 0.1) is 22.2 Å². The molecule has 0 fully saturated rings. The molecule has 0 saturated heterocycles. The highest BCUT2D eigenvalue weighted by Gasteiger charge is 2.33. The van der Waals surface area contributed by atoms with Crippen molar-refractivity contribution in [3.05, 3.63) is 99.0 Å². The van der Waals surface area contributed by atoms with Crippen LogP contribution in [0.5, 0.6) is 11.5 Å². The summed E-state index contributed by atoms with van der Waals surface area (Å²) in [6, 6.07) is 16.0. The zero-order chi connectivity index (χ0) is 28.7. The molecule has 0 saturated carbocycles. The van der Waals surface area contributed by atoms with Crippen LogP contribution < -0.4 is 26.0 Å². The molecule has 6 rings (SSSR count). The minimum absolute atomic E-state index is 0.000129. The number of nitrogens with zero attached hydrogens (tertiary/aromatic N) is 4.